The number of hydrogen-bond acceptors (Lipinski definition) is 8. The molecule has 5 rings (SSSR count). The second-order valence-corrected chi connectivity index (χ2v) is 13.9. The van der Waals surface area contributed by atoms with E-state index < -0.39 is 27.9 Å². The van der Waals surface area contributed by atoms with E-state index in [2.05, 4.69) is 28.9 Å². The van der Waals surface area contributed by atoms with E-state index in [1.165, 1.54) is 28.8 Å². The predicted molar refractivity (Wildman–Crippen MR) is 177 cm³/mol. The van der Waals surface area contributed by atoms with Gasteiger partial charge < -0.3 is 18.7 Å². The molecule has 1 fully saturated rings. The highest BCUT2D eigenvalue weighted by Crippen LogP contribution is 2.26. The molecule has 1 aromatic heterocycles. The van der Waals surface area contributed by atoms with Crippen molar-refractivity contribution in [3.05, 3.63) is 96.2 Å². The summed E-state index contributed by atoms with van der Waals surface area (Å²) in [7, 11) is -2.65. The summed E-state index contributed by atoms with van der Waals surface area (Å²) < 4.78 is 37.4. The molecular formula is C35H40N4O6S. The Bertz CT molecular complexity index is 1810. The van der Waals surface area contributed by atoms with Crippen LogP contribution in [0.25, 0.3) is 10.8 Å². The highest BCUT2D eigenvalue weighted by atomic mass is 32.2. The first-order valence-electron chi connectivity index (χ1n) is 15.2. The molecule has 1 aliphatic rings. The van der Waals surface area contributed by atoms with E-state index in [0.717, 1.165) is 16.6 Å². The van der Waals surface area contributed by atoms with Gasteiger partial charge in [-0.25, -0.2) is 9.78 Å². The molecule has 4 aromatic rings. The second-order valence-electron chi connectivity index (χ2n) is 12.4. The number of pyridine rings is 1. The maximum absolute atomic E-state index is 14.0. The van der Waals surface area contributed by atoms with Crippen LogP contribution in [0.1, 0.15) is 31.9 Å². The Morgan fingerprint density at radius 3 is 2.24 bits per heavy atom. The van der Waals surface area contributed by atoms with Gasteiger partial charge in [0.05, 0.1) is 0 Å². The number of benzene rings is 3. The summed E-state index contributed by atoms with van der Waals surface area (Å²) in [6.07, 6.45) is 1.03. The van der Waals surface area contributed by atoms with Crippen LogP contribution in [-0.4, -0.2) is 80.1 Å². The number of aryl methyl sites for hydroxylation is 1. The van der Waals surface area contributed by atoms with Crippen molar-refractivity contribution < 1.29 is 26.9 Å². The Balaban J connectivity index is 1.32. The average Bonchev–Trinajstić information content (AvgIpc) is 3.03. The molecule has 0 bridgehead atoms. The number of piperazine rings is 1. The van der Waals surface area contributed by atoms with Crippen LogP contribution in [0, 0.1) is 6.92 Å². The van der Waals surface area contributed by atoms with Gasteiger partial charge in [-0.3, -0.25) is 9.69 Å². The number of para-hydroxylation sites is 1. The summed E-state index contributed by atoms with van der Waals surface area (Å²) in [5, 5.41) is 1.03. The summed E-state index contributed by atoms with van der Waals surface area (Å²) in [6, 6.07) is 22.6. The third-order valence-electron chi connectivity index (χ3n) is 7.91. The van der Waals surface area contributed by atoms with Crippen LogP contribution < -0.4 is 9.08 Å². The monoisotopic (exact) mass is 644 g/mol. The molecule has 46 heavy (non-hydrogen) atoms. The maximum atomic E-state index is 14.0. The van der Waals surface area contributed by atoms with Crippen molar-refractivity contribution in [2.45, 2.75) is 50.8 Å². The minimum absolute atomic E-state index is 0.106. The Morgan fingerprint density at radius 2 is 1.57 bits per heavy atom. The number of nitrogens with zero attached hydrogens (tertiary/aromatic N) is 4. The van der Waals surface area contributed by atoms with Crippen molar-refractivity contribution in [1.82, 2.24) is 14.8 Å². The van der Waals surface area contributed by atoms with Crippen LogP contribution in [0.2, 0.25) is 0 Å². The zero-order chi connectivity index (χ0) is 33.1. The number of fused-ring (bicyclic) bond motifs is 1. The number of carbonyl (C=O) groups excluding carboxylic acids is 2. The molecule has 0 spiro atoms. The van der Waals surface area contributed by atoms with E-state index in [4.69, 9.17) is 8.92 Å². The lowest BCUT2D eigenvalue weighted by Crippen LogP contribution is -2.56. The van der Waals surface area contributed by atoms with Crippen LogP contribution in [0.3, 0.4) is 0 Å². The number of hydrogen-bond donors (Lipinski definition) is 0. The van der Waals surface area contributed by atoms with Crippen LogP contribution in [-0.2, 0) is 26.1 Å². The minimum atomic E-state index is -4.22. The quantitative estimate of drug-likeness (QED) is 0.234. The van der Waals surface area contributed by atoms with E-state index >= 15 is 0 Å². The standard InChI is InChI=1S/C35H40N4O6S/c1-25-10-6-9-13-30(25)38-20-22-39(23-21-38)33(40)31(37(5)34(41)44-35(2,3)4)24-26-14-16-28(17-15-26)45-46(42,43)32-29-12-8-7-11-27(29)18-19-36-32/h6-19,31H,20-24H2,1-5H3/t31-/m0/s1. The van der Waals surface area contributed by atoms with Crippen molar-refractivity contribution in [3.8, 4) is 5.75 Å². The van der Waals surface area contributed by atoms with Gasteiger partial charge in [-0.15, -0.1) is 0 Å². The number of aromatic nitrogens is 1. The van der Waals surface area contributed by atoms with Crippen molar-refractivity contribution in [2.24, 2.45) is 0 Å². The van der Waals surface area contributed by atoms with E-state index in [0.29, 0.717) is 31.6 Å². The summed E-state index contributed by atoms with van der Waals surface area (Å²) in [5.74, 6) is -0.0723. The van der Waals surface area contributed by atoms with Crippen LogP contribution >= 0.6 is 0 Å². The number of anilines is 1. The fourth-order valence-corrected chi connectivity index (χ4v) is 6.60. The molecule has 3 aromatic carbocycles. The fraction of sp³-hybridized carbons (Fsp3) is 0.343. The summed E-state index contributed by atoms with van der Waals surface area (Å²) in [5.41, 5.74) is 2.32. The Hall–Kier alpha value is -4.64. The maximum Gasteiger partial charge on any atom is 0.410 e. The van der Waals surface area contributed by atoms with Gasteiger partial charge in [0, 0.05) is 56.9 Å². The normalized spacial score (nSPS) is 14.5. The first-order chi connectivity index (χ1) is 21.8. The zero-order valence-electron chi connectivity index (χ0n) is 26.8. The fourth-order valence-electron chi connectivity index (χ4n) is 5.51. The van der Waals surface area contributed by atoms with Crippen LogP contribution in [0.15, 0.2) is 90.1 Å². The van der Waals surface area contributed by atoms with Crippen molar-refractivity contribution in [1.29, 1.82) is 0 Å². The number of amides is 2. The van der Waals surface area contributed by atoms with Gasteiger partial charge in [-0.05, 0) is 68.5 Å². The highest BCUT2D eigenvalue weighted by molar-refractivity contribution is 7.87. The SMILES string of the molecule is Cc1ccccc1N1CCN(C(=O)[C@H](Cc2ccc(OS(=O)(=O)c3nccc4ccccc34)cc2)N(C)C(=O)OC(C)(C)C)CC1. The predicted octanol–water partition coefficient (Wildman–Crippen LogP) is 5.44. The van der Waals surface area contributed by atoms with Crippen LogP contribution in [0.4, 0.5) is 10.5 Å². The molecule has 0 radical (unpaired) electrons. The number of carbonyl (C=O) groups is 2. The van der Waals surface area contributed by atoms with Gasteiger partial charge in [0.2, 0.25) is 10.9 Å². The van der Waals surface area contributed by atoms with Crippen molar-refractivity contribution in [3.63, 3.8) is 0 Å². The van der Waals surface area contributed by atoms with Crippen molar-refractivity contribution in [2.75, 3.05) is 38.1 Å². The van der Waals surface area contributed by atoms with E-state index in [9.17, 15) is 18.0 Å². The van der Waals surface area contributed by atoms with Gasteiger partial charge in [-0.1, -0.05) is 54.6 Å². The molecule has 1 saturated heterocycles. The molecule has 1 atom stereocenters. The third-order valence-corrected chi connectivity index (χ3v) is 9.12. The second kappa shape index (κ2) is 13.4. The third kappa shape index (κ3) is 7.59. The Labute approximate surface area is 270 Å². The van der Waals surface area contributed by atoms with E-state index in [1.807, 2.05) is 18.2 Å². The lowest BCUT2D eigenvalue weighted by molar-refractivity contribution is -0.136. The molecular weight excluding hydrogens is 604 g/mol. The number of rotatable bonds is 8. The lowest BCUT2D eigenvalue weighted by Gasteiger charge is -2.39. The number of likely N-dealkylation sites (N-methyl/N-ethyl adjacent to an activating group) is 1. The van der Waals surface area contributed by atoms with Gasteiger partial charge >= 0.3 is 16.2 Å². The largest absolute Gasteiger partial charge is 0.444 e. The molecule has 2 heterocycles. The van der Waals surface area contributed by atoms with Gasteiger partial charge in [0.15, 0.2) is 0 Å². The molecule has 1 aliphatic heterocycles. The minimum Gasteiger partial charge on any atom is -0.444 e. The van der Waals surface area contributed by atoms with E-state index in [1.54, 1.807) is 69.1 Å². The average molecular weight is 645 g/mol. The lowest BCUT2D eigenvalue weighted by atomic mass is 10.0. The van der Waals surface area contributed by atoms with Gasteiger partial charge in [0.1, 0.15) is 17.4 Å². The molecule has 0 N–H and O–H groups in total. The first kappa shape index (κ1) is 32.7. The summed E-state index contributed by atoms with van der Waals surface area (Å²) >= 11 is 0. The van der Waals surface area contributed by atoms with Gasteiger partial charge in [0.25, 0.3) is 0 Å². The van der Waals surface area contributed by atoms with Crippen LogP contribution in [0.5, 0.6) is 5.75 Å². The molecule has 242 valence electrons. The molecule has 10 nitrogen and oxygen atoms in total. The highest BCUT2D eigenvalue weighted by Gasteiger charge is 2.35. The first-order valence-corrected chi connectivity index (χ1v) is 16.7. The zero-order valence-corrected chi connectivity index (χ0v) is 27.7. The van der Waals surface area contributed by atoms with Gasteiger partial charge in [-0.2, -0.15) is 8.42 Å². The Morgan fingerprint density at radius 1 is 0.913 bits per heavy atom. The molecule has 0 aliphatic carbocycles. The van der Waals surface area contributed by atoms with Crippen molar-refractivity contribution >= 4 is 38.6 Å². The topological polar surface area (TPSA) is 109 Å². The molecule has 2 amide bonds. The summed E-state index contributed by atoms with van der Waals surface area (Å²) in [6.45, 7) is 9.78. The van der Waals surface area contributed by atoms with E-state index in [-0.39, 0.29) is 23.1 Å². The molecule has 0 unspecified atom stereocenters. The number of ether oxygens (including phenoxy) is 1. The molecule has 11 heteroatoms. The smallest absolute Gasteiger partial charge is 0.410 e. The molecule has 0 saturated carbocycles. The summed E-state index contributed by atoms with van der Waals surface area (Å²) in [4.78, 5) is 36.6. The Kier molecular flexibility index (Phi) is 9.52.